The number of carbonyl (C=O) groups is 1. The summed E-state index contributed by atoms with van der Waals surface area (Å²) in [4.78, 5) is 16.9. The van der Waals surface area contributed by atoms with Gasteiger partial charge in [0.1, 0.15) is 0 Å². The highest BCUT2D eigenvalue weighted by atomic mass is 16.7. The van der Waals surface area contributed by atoms with Crippen molar-refractivity contribution in [3.63, 3.8) is 0 Å². The lowest BCUT2D eigenvalue weighted by atomic mass is 9.91. The van der Waals surface area contributed by atoms with Crippen molar-refractivity contribution in [3.05, 3.63) is 71.8 Å². The second-order valence-electron chi connectivity index (χ2n) is 5.70. The topological polar surface area (TPSA) is 50.7 Å². The fraction of sp³-hybridized carbons (Fsp3) is 0.200. The van der Waals surface area contributed by atoms with Gasteiger partial charge in [0.05, 0.1) is 5.71 Å². The van der Waals surface area contributed by atoms with E-state index in [0.717, 1.165) is 42.5 Å². The Morgan fingerprint density at radius 3 is 2.38 bits per heavy atom. The highest BCUT2D eigenvalue weighted by Crippen LogP contribution is 2.23. The number of oxime groups is 1. The summed E-state index contributed by atoms with van der Waals surface area (Å²) in [6, 6.07) is 19.3. The minimum Gasteiger partial charge on any atom is -0.298 e. The van der Waals surface area contributed by atoms with E-state index in [9.17, 15) is 4.79 Å². The molecule has 0 bridgehead atoms. The van der Waals surface area contributed by atoms with Gasteiger partial charge in [0.15, 0.2) is 0 Å². The summed E-state index contributed by atoms with van der Waals surface area (Å²) in [7, 11) is 0. The maximum Gasteiger partial charge on any atom is 0.437 e. The maximum atomic E-state index is 11.9. The molecule has 24 heavy (non-hydrogen) atoms. The SMILES string of the molecule is O=C(Nc1ccccc1)O/N=C1\CCCC\C1=C/c1ccccc1. The van der Waals surface area contributed by atoms with Crippen LogP contribution in [-0.4, -0.2) is 11.8 Å². The lowest BCUT2D eigenvalue weighted by Crippen LogP contribution is -2.14. The van der Waals surface area contributed by atoms with Crippen molar-refractivity contribution in [1.82, 2.24) is 0 Å². The molecule has 4 heteroatoms. The number of hydrogen-bond acceptors (Lipinski definition) is 3. The zero-order valence-corrected chi connectivity index (χ0v) is 13.4. The summed E-state index contributed by atoms with van der Waals surface area (Å²) in [6.07, 6.45) is 5.53. The van der Waals surface area contributed by atoms with E-state index in [2.05, 4.69) is 28.7 Å². The molecule has 1 N–H and O–H groups in total. The monoisotopic (exact) mass is 320 g/mol. The third kappa shape index (κ3) is 4.56. The number of nitrogens with zero attached hydrogens (tertiary/aromatic N) is 1. The van der Waals surface area contributed by atoms with E-state index in [1.54, 1.807) is 12.1 Å². The molecule has 2 aromatic rings. The van der Waals surface area contributed by atoms with Gasteiger partial charge >= 0.3 is 6.09 Å². The molecule has 2 aromatic carbocycles. The Morgan fingerprint density at radius 2 is 1.62 bits per heavy atom. The van der Waals surface area contributed by atoms with Gasteiger partial charge in [-0.2, -0.15) is 0 Å². The van der Waals surface area contributed by atoms with E-state index in [-0.39, 0.29) is 0 Å². The Labute approximate surface area is 141 Å². The molecule has 1 fully saturated rings. The van der Waals surface area contributed by atoms with Gasteiger partial charge in [0, 0.05) is 5.69 Å². The second-order valence-corrected chi connectivity index (χ2v) is 5.70. The van der Waals surface area contributed by atoms with Crippen LogP contribution in [0.3, 0.4) is 0 Å². The fourth-order valence-electron chi connectivity index (χ4n) is 2.68. The smallest absolute Gasteiger partial charge is 0.298 e. The van der Waals surface area contributed by atoms with E-state index < -0.39 is 6.09 Å². The highest BCUT2D eigenvalue weighted by molar-refractivity contribution is 6.04. The minimum absolute atomic E-state index is 0.571. The molecule has 3 rings (SSSR count). The number of nitrogens with one attached hydrogen (secondary N) is 1. The largest absolute Gasteiger partial charge is 0.437 e. The summed E-state index contributed by atoms with van der Waals surface area (Å²) in [5.41, 5.74) is 3.82. The van der Waals surface area contributed by atoms with Crippen LogP contribution in [0.2, 0.25) is 0 Å². The average Bonchev–Trinajstić information content (AvgIpc) is 2.63. The lowest BCUT2D eigenvalue weighted by molar-refractivity contribution is 0.166. The van der Waals surface area contributed by atoms with Crippen LogP contribution in [0.15, 0.2) is 71.4 Å². The van der Waals surface area contributed by atoms with E-state index in [4.69, 9.17) is 4.84 Å². The maximum absolute atomic E-state index is 11.9. The van der Waals surface area contributed by atoms with Crippen LogP contribution in [0.4, 0.5) is 10.5 Å². The van der Waals surface area contributed by atoms with Crippen molar-refractivity contribution in [2.75, 3.05) is 5.32 Å². The molecule has 0 unspecified atom stereocenters. The first-order valence-corrected chi connectivity index (χ1v) is 8.17. The minimum atomic E-state index is -0.571. The molecule has 0 spiro atoms. The number of benzene rings is 2. The van der Waals surface area contributed by atoms with Gasteiger partial charge in [-0.25, -0.2) is 4.79 Å². The Hall–Kier alpha value is -2.88. The van der Waals surface area contributed by atoms with Crippen LogP contribution in [-0.2, 0) is 4.84 Å². The average molecular weight is 320 g/mol. The highest BCUT2D eigenvalue weighted by Gasteiger charge is 2.15. The Balaban J connectivity index is 1.67. The standard InChI is InChI=1S/C20H20N2O2/c23-20(21-18-12-5-2-6-13-18)24-22-19-14-8-7-11-17(19)15-16-9-3-1-4-10-16/h1-6,9-10,12-13,15H,7-8,11,14H2,(H,21,23)/b17-15+,22-19+. The lowest BCUT2D eigenvalue weighted by Gasteiger charge is -2.16. The number of carbonyl (C=O) groups excluding carboxylic acids is 1. The van der Waals surface area contributed by atoms with Crippen molar-refractivity contribution in [1.29, 1.82) is 0 Å². The third-order valence-electron chi connectivity index (χ3n) is 3.88. The molecule has 0 aliphatic heterocycles. The van der Waals surface area contributed by atoms with E-state index in [0.29, 0.717) is 5.69 Å². The molecule has 0 saturated heterocycles. The van der Waals surface area contributed by atoms with Crippen LogP contribution in [0.1, 0.15) is 31.2 Å². The van der Waals surface area contributed by atoms with Crippen molar-refractivity contribution in [2.45, 2.75) is 25.7 Å². The van der Waals surface area contributed by atoms with Crippen LogP contribution in [0.25, 0.3) is 6.08 Å². The van der Waals surface area contributed by atoms with Gasteiger partial charge < -0.3 is 0 Å². The first-order chi connectivity index (χ1) is 11.8. The van der Waals surface area contributed by atoms with Gasteiger partial charge in [0.2, 0.25) is 0 Å². The quantitative estimate of drug-likeness (QED) is 0.620. The van der Waals surface area contributed by atoms with Gasteiger partial charge in [0.25, 0.3) is 0 Å². The normalized spacial score (nSPS) is 17.7. The Kier molecular flexibility index (Phi) is 5.40. The molecule has 122 valence electrons. The molecule has 1 saturated carbocycles. The molecular formula is C20H20N2O2. The number of allylic oxidation sites excluding steroid dienone is 1. The molecule has 4 nitrogen and oxygen atoms in total. The van der Waals surface area contributed by atoms with Crippen LogP contribution >= 0.6 is 0 Å². The summed E-state index contributed by atoms with van der Waals surface area (Å²) >= 11 is 0. The number of rotatable bonds is 3. The fourth-order valence-corrected chi connectivity index (χ4v) is 2.68. The van der Waals surface area contributed by atoms with Crippen LogP contribution in [0, 0.1) is 0 Å². The van der Waals surface area contributed by atoms with E-state index >= 15 is 0 Å². The predicted octanol–water partition coefficient (Wildman–Crippen LogP) is 5.25. The molecule has 1 aliphatic rings. The number of anilines is 1. The van der Waals surface area contributed by atoms with Crippen LogP contribution < -0.4 is 5.32 Å². The Morgan fingerprint density at radius 1 is 0.958 bits per heavy atom. The van der Waals surface area contributed by atoms with Crippen molar-refractivity contribution < 1.29 is 9.63 Å². The Bertz CT molecular complexity index is 737. The number of hydrogen-bond donors (Lipinski definition) is 1. The van der Waals surface area contributed by atoms with Crippen molar-refractivity contribution >= 4 is 23.6 Å². The summed E-state index contributed by atoms with van der Waals surface area (Å²) in [5.74, 6) is 0. The zero-order chi connectivity index (χ0) is 16.6. The molecule has 0 heterocycles. The first kappa shape index (κ1) is 16.0. The van der Waals surface area contributed by atoms with Crippen molar-refractivity contribution in [2.24, 2.45) is 5.16 Å². The van der Waals surface area contributed by atoms with Gasteiger partial charge in [-0.1, -0.05) is 53.7 Å². The van der Waals surface area contributed by atoms with E-state index in [1.165, 1.54) is 0 Å². The van der Waals surface area contributed by atoms with Gasteiger partial charge in [-0.15, -0.1) is 0 Å². The molecule has 1 amide bonds. The zero-order valence-electron chi connectivity index (χ0n) is 13.4. The molecule has 0 aromatic heterocycles. The summed E-state index contributed by atoms with van der Waals surface area (Å²) in [5, 5.41) is 6.75. The molecular weight excluding hydrogens is 300 g/mol. The van der Waals surface area contributed by atoms with Crippen molar-refractivity contribution in [3.8, 4) is 0 Å². The van der Waals surface area contributed by atoms with E-state index in [1.807, 2.05) is 36.4 Å². The first-order valence-electron chi connectivity index (χ1n) is 8.17. The molecule has 0 radical (unpaired) electrons. The number of amides is 1. The summed E-state index contributed by atoms with van der Waals surface area (Å²) < 4.78 is 0. The van der Waals surface area contributed by atoms with Gasteiger partial charge in [-0.05, 0) is 55.0 Å². The molecule has 1 aliphatic carbocycles. The third-order valence-corrected chi connectivity index (χ3v) is 3.88. The van der Waals surface area contributed by atoms with Gasteiger partial charge in [-0.3, -0.25) is 10.2 Å². The van der Waals surface area contributed by atoms with Crippen LogP contribution in [0.5, 0.6) is 0 Å². The predicted molar refractivity (Wildman–Crippen MR) is 96.9 cm³/mol. The second kappa shape index (κ2) is 8.11. The summed E-state index contributed by atoms with van der Waals surface area (Å²) in [6.45, 7) is 0. The molecule has 0 atom stereocenters. The number of para-hydroxylation sites is 1.